The van der Waals surface area contributed by atoms with E-state index < -0.39 is 0 Å². The fourth-order valence-electron chi connectivity index (χ4n) is 5.21. The van der Waals surface area contributed by atoms with Crippen LogP contribution >= 0.6 is 11.6 Å². The average molecular weight is 510 g/mol. The predicted molar refractivity (Wildman–Crippen MR) is 146 cm³/mol. The smallest absolute Gasteiger partial charge is 0.253 e. The number of fused-ring (bicyclic) bond motifs is 3. The maximum absolute atomic E-state index is 12.6. The number of anilines is 2. The van der Waals surface area contributed by atoms with Gasteiger partial charge < -0.3 is 25.3 Å². The maximum atomic E-state index is 12.6. The maximum Gasteiger partial charge on any atom is 0.253 e. The van der Waals surface area contributed by atoms with Gasteiger partial charge in [0.15, 0.2) is 0 Å². The van der Waals surface area contributed by atoms with E-state index in [2.05, 4.69) is 44.5 Å². The summed E-state index contributed by atoms with van der Waals surface area (Å²) in [6.07, 6.45) is 1.83. The normalized spacial score (nSPS) is 15.5. The number of amides is 1. The van der Waals surface area contributed by atoms with Crippen molar-refractivity contribution in [2.45, 2.75) is 26.3 Å². The molecule has 3 aromatic rings. The average Bonchev–Trinajstić information content (AvgIpc) is 2.90. The van der Waals surface area contributed by atoms with Gasteiger partial charge in [0, 0.05) is 62.8 Å². The quantitative estimate of drug-likeness (QED) is 0.499. The number of halogens is 1. The van der Waals surface area contributed by atoms with Gasteiger partial charge in [-0.3, -0.25) is 14.5 Å². The molecule has 9 heteroatoms. The third-order valence-electron chi connectivity index (χ3n) is 6.93. The first-order valence-electron chi connectivity index (χ1n) is 12.1. The number of hydrogen-bond donors (Lipinski definition) is 3. The first-order chi connectivity index (χ1) is 17.4. The molecule has 36 heavy (non-hydrogen) atoms. The molecular weight excluding hydrogens is 478 g/mol. The topological polar surface area (TPSA) is 97.5 Å². The molecule has 0 bridgehead atoms. The lowest BCUT2D eigenvalue weighted by Gasteiger charge is -2.36. The third-order valence-corrected chi connectivity index (χ3v) is 7.23. The summed E-state index contributed by atoms with van der Waals surface area (Å²) in [4.78, 5) is 40.3. The van der Waals surface area contributed by atoms with Gasteiger partial charge in [-0.1, -0.05) is 17.7 Å². The molecule has 3 N–H and O–H groups in total. The lowest BCUT2D eigenvalue weighted by atomic mass is 9.97. The molecule has 0 spiro atoms. The van der Waals surface area contributed by atoms with Gasteiger partial charge >= 0.3 is 0 Å². The Labute approximate surface area is 215 Å². The number of pyridine rings is 1. The van der Waals surface area contributed by atoms with Crippen LogP contribution in [0.15, 0.2) is 35.1 Å². The Morgan fingerprint density at radius 2 is 1.89 bits per heavy atom. The van der Waals surface area contributed by atoms with Crippen LogP contribution in [0.25, 0.3) is 10.9 Å². The summed E-state index contributed by atoms with van der Waals surface area (Å²) >= 11 is 6.50. The fraction of sp³-hybridized carbons (Fsp3) is 0.370. The summed E-state index contributed by atoms with van der Waals surface area (Å²) in [5.41, 5.74) is 6.76. The van der Waals surface area contributed by atoms with Gasteiger partial charge in [0.25, 0.3) is 11.5 Å². The van der Waals surface area contributed by atoms with Crippen molar-refractivity contribution in [2.75, 3.05) is 50.0 Å². The predicted octanol–water partition coefficient (Wildman–Crippen LogP) is 3.34. The molecule has 2 aromatic carbocycles. The van der Waals surface area contributed by atoms with Gasteiger partial charge in [0.05, 0.1) is 21.9 Å². The highest BCUT2D eigenvalue weighted by atomic mass is 35.5. The van der Waals surface area contributed by atoms with Crippen molar-refractivity contribution in [3.8, 4) is 0 Å². The number of aromatic amines is 1. The van der Waals surface area contributed by atoms with Crippen molar-refractivity contribution in [2.24, 2.45) is 0 Å². The minimum atomic E-state index is -0.137. The zero-order valence-electron chi connectivity index (χ0n) is 20.7. The zero-order chi connectivity index (χ0) is 25.8. The summed E-state index contributed by atoms with van der Waals surface area (Å²) < 4.78 is 0. The lowest BCUT2D eigenvalue weighted by Crippen LogP contribution is -2.46. The number of carbonyl (C=O) groups is 2. The van der Waals surface area contributed by atoms with Crippen molar-refractivity contribution >= 4 is 46.6 Å². The van der Waals surface area contributed by atoms with Crippen LogP contribution in [0.2, 0.25) is 5.02 Å². The zero-order valence-corrected chi connectivity index (χ0v) is 21.5. The number of aromatic nitrogens is 1. The highest BCUT2D eigenvalue weighted by Gasteiger charge is 2.21. The number of H-pyrrole nitrogens is 1. The Hall–Kier alpha value is -3.36. The second-order valence-corrected chi connectivity index (χ2v) is 9.59. The molecule has 1 aromatic heterocycles. The van der Waals surface area contributed by atoms with Crippen LogP contribution in [-0.4, -0.2) is 62.4 Å². The van der Waals surface area contributed by atoms with Gasteiger partial charge in [-0.2, -0.15) is 0 Å². The van der Waals surface area contributed by atoms with E-state index in [1.165, 1.54) is 11.1 Å². The molecule has 0 radical (unpaired) electrons. The van der Waals surface area contributed by atoms with Crippen LogP contribution in [0.5, 0.6) is 0 Å². The van der Waals surface area contributed by atoms with Gasteiger partial charge in [-0.25, -0.2) is 0 Å². The van der Waals surface area contributed by atoms with E-state index in [-0.39, 0.29) is 11.5 Å². The van der Waals surface area contributed by atoms with Crippen molar-refractivity contribution in [1.82, 2.24) is 15.2 Å². The molecule has 190 valence electrons. The second-order valence-electron chi connectivity index (χ2n) is 9.18. The first-order valence-corrected chi connectivity index (χ1v) is 12.5. The highest BCUT2D eigenvalue weighted by molar-refractivity contribution is 6.33. The Bertz CT molecular complexity index is 1330. The van der Waals surface area contributed by atoms with Crippen LogP contribution in [0, 0.1) is 6.92 Å². The van der Waals surface area contributed by atoms with E-state index in [4.69, 9.17) is 16.4 Å². The van der Waals surface area contributed by atoms with Crippen molar-refractivity contribution in [3.63, 3.8) is 0 Å². The van der Waals surface area contributed by atoms with E-state index in [0.717, 1.165) is 80.0 Å². The van der Waals surface area contributed by atoms with E-state index >= 15 is 0 Å². The lowest BCUT2D eigenvalue weighted by molar-refractivity contribution is -0.0980. The number of nitrogens with zero attached hydrogens (tertiary/aromatic N) is 2. The molecule has 3 heterocycles. The Morgan fingerprint density at radius 1 is 1.14 bits per heavy atom. The molecule has 1 saturated heterocycles. The van der Waals surface area contributed by atoms with Crippen LogP contribution in [0.3, 0.4) is 0 Å². The number of aryl methyl sites for hydroxylation is 1. The molecule has 0 aliphatic carbocycles. The number of rotatable bonds is 4. The molecule has 0 atom stereocenters. The molecule has 1 fully saturated rings. The number of benzene rings is 2. The van der Waals surface area contributed by atoms with Crippen molar-refractivity contribution in [1.29, 1.82) is 0 Å². The number of piperazine rings is 1. The van der Waals surface area contributed by atoms with E-state index in [9.17, 15) is 9.59 Å². The van der Waals surface area contributed by atoms with Crippen molar-refractivity contribution < 1.29 is 9.59 Å². The minimum absolute atomic E-state index is 0.0270. The minimum Gasteiger partial charge on any atom is -0.384 e. The summed E-state index contributed by atoms with van der Waals surface area (Å²) in [5.74, 6) is -0.137. The van der Waals surface area contributed by atoms with Crippen LogP contribution in [-0.2, 0) is 17.8 Å². The van der Waals surface area contributed by atoms with E-state index in [1.54, 1.807) is 13.1 Å². The van der Waals surface area contributed by atoms with E-state index in [1.807, 2.05) is 18.9 Å². The summed E-state index contributed by atoms with van der Waals surface area (Å²) in [7, 11) is 1.61. The van der Waals surface area contributed by atoms with Gasteiger partial charge in [0.1, 0.15) is 6.79 Å². The van der Waals surface area contributed by atoms with Crippen molar-refractivity contribution in [3.05, 3.63) is 68.0 Å². The molecule has 0 unspecified atom stereocenters. The molecule has 0 saturated carbocycles. The highest BCUT2D eigenvalue weighted by Crippen LogP contribution is 2.32. The Balaban J connectivity index is 0.00000148. The van der Waals surface area contributed by atoms with Crippen LogP contribution < -0.4 is 21.1 Å². The second kappa shape index (κ2) is 11.1. The van der Waals surface area contributed by atoms with Crippen LogP contribution in [0.1, 0.15) is 33.5 Å². The number of carbonyl (C=O) groups excluding carboxylic acids is 2. The molecule has 5 rings (SSSR count). The number of nitrogens with one attached hydrogen (secondary N) is 3. The fourth-order valence-corrected chi connectivity index (χ4v) is 5.51. The Kier molecular flexibility index (Phi) is 7.96. The molecule has 8 nitrogen and oxygen atoms in total. The largest absolute Gasteiger partial charge is 0.384 e. The SMILES string of the molecule is C=O.CNC(=O)c1ccc(N2CCN(Cc3cc(C)c4c5c(c(=O)[nH]c4c3)CCCN5)CC2)c(Cl)c1. The standard InChI is InChI=1S/C26H30ClN5O2.CH2O/c1-16-12-17(13-21-23(16)24-19(26(34)30-21)4-3-7-29-24)15-31-8-10-32(11-9-31)22-6-5-18(14-20(22)27)25(33)28-2;1-2/h5-6,12-14,29H,3-4,7-11,15H2,1-2H3,(H,28,33)(H,30,34);1H2. The summed E-state index contributed by atoms with van der Waals surface area (Å²) in [6.45, 7) is 9.42. The van der Waals surface area contributed by atoms with E-state index in [0.29, 0.717) is 10.6 Å². The monoisotopic (exact) mass is 509 g/mol. The molecular formula is C27H32ClN5O3. The third kappa shape index (κ3) is 5.10. The first kappa shape index (κ1) is 25.7. The molecule has 1 amide bonds. The van der Waals surface area contributed by atoms with Gasteiger partial charge in [-0.15, -0.1) is 0 Å². The van der Waals surface area contributed by atoms with Gasteiger partial charge in [0.2, 0.25) is 0 Å². The molecule has 2 aliphatic rings. The number of hydrogen-bond acceptors (Lipinski definition) is 6. The molecule has 2 aliphatic heterocycles. The summed E-state index contributed by atoms with van der Waals surface area (Å²) in [6, 6.07) is 9.85. The Morgan fingerprint density at radius 3 is 2.58 bits per heavy atom. The summed E-state index contributed by atoms with van der Waals surface area (Å²) in [5, 5.41) is 7.82. The van der Waals surface area contributed by atoms with Gasteiger partial charge in [-0.05, 0) is 55.2 Å². The van der Waals surface area contributed by atoms with Crippen LogP contribution in [0.4, 0.5) is 11.4 Å².